The second kappa shape index (κ2) is 6.89. The van der Waals surface area contributed by atoms with E-state index in [0.29, 0.717) is 17.4 Å². The standard InChI is InChI=1S/C16H22N4O2/c1-22-10-9-20-8-4-5-12(11-20)17-16-18-14-7-3-2-6-13(14)15(21)19-16/h2-3,6-7,12H,4-5,8-11H2,1H3,(H2,17,18,19,21). The van der Waals surface area contributed by atoms with Crippen LogP contribution in [0.15, 0.2) is 29.1 Å². The molecule has 1 atom stereocenters. The molecule has 0 amide bonds. The lowest BCUT2D eigenvalue weighted by atomic mass is 10.1. The van der Waals surface area contributed by atoms with E-state index in [1.54, 1.807) is 13.2 Å². The van der Waals surface area contributed by atoms with E-state index in [0.717, 1.165) is 44.6 Å². The molecular weight excluding hydrogens is 280 g/mol. The zero-order chi connectivity index (χ0) is 15.4. The van der Waals surface area contributed by atoms with Crippen molar-refractivity contribution in [1.29, 1.82) is 0 Å². The number of benzene rings is 1. The highest BCUT2D eigenvalue weighted by Crippen LogP contribution is 2.14. The highest BCUT2D eigenvalue weighted by Gasteiger charge is 2.20. The average molecular weight is 302 g/mol. The Morgan fingerprint density at radius 3 is 3.18 bits per heavy atom. The predicted octanol–water partition coefficient (Wildman–Crippen LogP) is 1.45. The first-order valence-electron chi connectivity index (χ1n) is 7.73. The van der Waals surface area contributed by atoms with Crippen LogP contribution in [0.1, 0.15) is 12.8 Å². The molecule has 0 radical (unpaired) electrons. The van der Waals surface area contributed by atoms with Gasteiger partial charge in [-0.1, -0.05) is 12.1 Å². The third-order valence-corrected chi connectivity index (χ3v) is 4.07. The largest absolute Gasteiger partial charge is 0.383 e. The van der Waals surface area contributed by atoms with E-state index in [1.165, 1.54) is 0 Å². The number of para-hydroxylation sites is 1. The smallest absolute Gasteiger partial charge is 0.260 e. The van der Waals surface area contributed by atoms with Crippen molar-refractivity contribution < 1.29 is 4.74 Å². The average Bonchev–Trinajstić information content (AvgIpc) is 2.53. The molecule has 1 saturated heterocycles. The molecule has 1 unspecified atom stereocenters. The molecule has 1 aliphatic heterocycles. The molecule has 118 valence electrons. The number of fused-ring (bicyclic) bond motifs is 1. The van der Waals surface area contributed by atoms with E-state index in [2.05, 4.69) is 20.2 Å². The maximum Gasteiger partial charge on any atom is 0.260 e. The summed E-state index contributed by atoms with van der Waals surface area (Å²) in [5.41, 5.74) is 0.626. The predicted molar refractivity (Wildman–Crippen MR) is 87.3 cm³/mol. The summed E-state index contributed by atoms with van der Waals surface area (Å²) in [5, 5.41) is 3.99. The van der Waals surface area contributed by atoms with Crippen LogP contribution in [0.4, 0.5) is 5.95 Å². The molecule has 1 aliphatic rings. The molecule has 2 aromatic rings. The zero-order valence-electron chi connectivity index (χ0n) is 12.8. The molecule has 6 heteroatoms. The van der Waals surface area contributed by atoms with Crippen LogP contribution in [0.25, 0.3) is 10.9 Å². The molecule has 0 aliphatic carbocycles. The zero-order valence-corrected chi connectivity index (χ0v) is 12.8. The molecule has 2 heterocycles. The molecule has 1 aromatic heterocycles. The van der Waals surface area contributed by atoms with Gasteiger partial charge in [-0.3, -0.25) is 14.7 Å². The summed E-state index contributed by atoms with van der Waals surface area (Å²) >= 11 is 0. The van der Waals surface area contributed by atoms with E-state index in [4.69, 9.17) is 4.74 Å². The first-order valence-corrected chi connectivity index (χ1v) is 7.73. The van der Waals surface area contributed by atoms with Gasteiger partial charge in [-0.15, -0.1) is 0 Å². The van der Waals surface area contributed by atoms with Gasteiger partial charge in [0.05, 0.1) is 17.5 Å². The van der Waals surface area contributed by atoms with E-state index in [-0.39, 0.29) is 5.56 Å². The number of likely N-dealkylation sites (tertiary alicyclic amines) is 1. The van der Waals surface area contributed by atoms with E-state index < -0.39 is 0 Å². The number of aromatic amines is 1. The van der Waals surface area contributed by atoms with Gasteiger partial charge in [-0.25, -0.2) is 4.98 Å². The fourth-order valence-electron chi connectivity index (χ4n) is 2.94. The van der Waals surface area contributed by atoms with Crippen LogP contribution in [0.5, 0.6) is 0 Å². The number of hydrogen-bond acceptors (Lipinski definition) is 5. The van der Waals surface area contributed by atoms with Crippen LogP contribution in [0, 0.1) is 0 Å². The van der Waals surface area contributed by atoms with Gasteiger partial charge in [-0.05, 0) is 31.5 Å². The molecule has 1 aromatic carbocycles. The van der Waals surface area contributed by atoms with E-state index in [9.17, 15) is 4.79 Å². The number of nitrogens with one attached hydrogen (secondary N) is 2. The number of H-pyrrole nitrogens is 1. The minimum absolute atomic E-state index is 0.0971. The van der Waals surface area contributed by atoms with Gasteiger partial charge in [-0.2, -0.15) is 0 Å². The number of ether oxygens (including phenoxy) is 1. The highest BCUT2D eigenvalue weighted by molar-refractivity contribution is 5.78. The number of anilines is 1. The highest BCUT2D eigenvalue weighted by atomic mass is 16.5. The fourth-order valence-corrected chi connectivity index (χ4v) is 2.94. The van der Waals surface area contributed by atoms with Crippen molar-refractivity contribution >= 4 is 16.9 Å². The Hall–Kier alpha value is -1.92. The van der Waals surface area contributed by atoms with Crippen molar-refractivity contribution in [3.8, 4) is 0 Å². The molecule has 1 fully saturated rings. The second-order valence-corrected chi connectivity index (χ2v) is 5.71. The van der Waals surface area contributed by atoms with Crippen molar-refractivity contribution in [3.05, 3.63) is 34.6 Å². The van der Waals surface area contributed by atoms with Crippen LogP contribution in [-0.4, -0.2) is 54.3 Å². The lowest BCUT2D eigenvalue weighted by molar-refractivity contribution is 0.131. The van der Waals surface area contributed by atoms with Crippen molar-refractivity contribution in [2.24, 2.45) is 0 Å². The van der Waals surface area contributed by atoms with Gasteiger partial charge in [0.15, 0.2) is 0 Å². The number of aromatic nitrogens is 2. The number of piperidine rings is 1. The first kappa shape index (κ1) is 15.0. The molecule has 2 N–H and O–H groups in total. The van der Waals surface area contributed by atoms with Crippen LogP contribution in [0.2, 0.25) is 0 Å². The van der Waals surface area contributed by atoms with Gasteiger partial charge in [0, 0.05) is 26.2 Å². The van der Waals surface area contributed by atoms with Crippen molar-refractivity contribution in [2.45, 2.75) is 18.9 Å². The van der Waals surface area contributed by atoms with Crippen LogP contribution < -0.4 is 10.9 Å². The summed E-state index contributed by atoms with van der Waals surface area (Å²) in [6.07, 6.45) is 2.22. The Morgan fingerprint density at radius 1 is 1.45 bits per heavy atom. The molecule has 22 heavy (non-hydrogen) atoms. The van der Waals surface area contributed by atoms with Crippen molar-refractivity contribution in [3.63, 3.8) is 0 Å². The number of hydrogen-bond donors (Lipinski definition) is 2. The third kappa shape index (κ3) is 3.45. The Kier molecular flexibility index (Phi) is 4.70. The van der Waals surface area contributed by atoms with E-state index in [1.807, 2.05) is 18.2 Å². The molecule has 0 bridgehead atoms. The minimum Gasteiger partial charge on any atom is -0.383 e. The van der Waals surface area contributed by atoms with Crippen molar-refractivity contribution in [2.75, 3.05) is 38.7 Å². The van der Waals surface area contributed by atoms with Gasteiger partial charge in [0.1, 0.15) is 0 Å². The molecule has 6 nitrogen and oxygen atoms in total. The Bertz CT molecular complexity index is 685. The summed E-state index contributed by atoms with van der Waals surface area (Å²) in [6.45, 7) is 3.73. The summed E-state index contributed by atoms with van der Waals surface area (Å²) in [4.78, 5) is 21.8. The minimum atomic E-state index is -0.0971. The lowest BCUT2D eigenvalue weighted by Crippen LogP contribution is -2.43. The van der Waals surface area contributed by atoms with Gasteiger partial charge in [0.2, 0.25) is 5.95 Å². The normalized spacial score (nSPS) is 19.4. The van der Waals surface area contributed by atoms with Crippen molar-refractivity contribution in [1.82, 2.24) is 14.9 Å². The Labute approximate surface area is 129 Å². The van der Waals surface area contributed by atoms with Gasteiger partial charge >= 0.3 is 0 Å². The number of nitrogens with zero attached hydrogens (tertiary/aromatic N) is 2. The third-order valence-electron chi connectivity index (χ3n) is 4.07. The maximum absolute atomic E-state index is 12.1. The molecule has 3 rings (SSSR count). The van der Waals surface area contributed by atoms with Gasteiger partial charge < -0.3 is 10.1 Å². The maximum atomic E-state index is 12.1. The van der Waals surface area contributed by atoms with Crippen LogP contribution >= 0.6 is 0 Å². The quantitative estimate of drug-likeness (QED) is 0.875. The SMILES string of the molecule is COCCN1CCCC(Nc2nc3ccccc3c(=O)[nH]2)C1. The Morgan fingerprint density at radius 2 is 2.32 bits per heavy atom. The second-order valence-electron chi connectivity index (χ2n) is 5.71. The fraction of sp³-hybridized carbons (Fsp3) is 0.500. The Balaban J connectivity index is 1.71. The summed E-state index contributed by atoms with van der Waals surface area (Å²) in [5.74, 6) is 0.558. The lowest BCUT2D eigenvalue weighted by Gasteiger charge is -2.33. The molecular formula is C16H22N4O2. The van der Waals surface area contributed by atoms with Gasteiger partial charge in [0.25, 0.3) is 5.56 Å². The molecule has 0 saturated carbocycles. The van der Waals surface area contributed by atoms with E-state index >= 15 is 0 Å². The van der Waals surface area contributed by atoms with Crippen LogP contribution in [-0.2, 0) is 4.74 Å². The number of methoxy groups -OCH3 is 1. The number of rotatable bonds is 5. The summed E-state index contributed by atoms with van der Waals surface area (Å²) in [6, 6.07) is 7.70. The van der Waals surface area contributed by atoms with Crippen LogP contribution in [0.3, 0.4) is 0 Å². The summed E-state index contributed by atoms with van der Waals surface area (Å²) in [7, 11) is 1.73. The monoisotopic (exact) mass is 302 g/mol. The first-order chi connectivity index (χ1) is 10.8. The molecule has 0 spiro atoms. The summed E-state index contributed by atoms with van der Waals surface area (Å²) < 4.78 is 5.14. The topological polar surface area (TPSA) is 70.2 Å².